The Morgan fingerprint density at radius 2 is 2.12 bits per heavy atom. The van der Waals surface area contributed by atoms with Crippen LogP contribution in [0.3, 0.4) is 0 Å². The van der Waals surface area contributed by atoms with E-state index in [1.807, 2.05) is 38.1 Å². The van der Waals surface area contributed by atoms with Crippen LogP contribution in [0.2, 0.25) is 0 Å². The molecule has 134 valence electrons. The summed E-state index contributed by atoms with van der Waals surface area (Å²) >= 11 is 5.33. The first-order chi connectivity index (χ1) is 12.1. The second-order valence-corrected chi connectivity index (χ2v) is 6.77. The summed E-state index contributed by atoms with van der Waals surface area (Å²) in [6.45, 7) is 6.77. The zero-order valence-corrected chi connectivity index (χ0v) is 15.5. The smallest absolute Gasteiger partial charge is 0.309 e. The van der Waals surface area contributed by atoms with Crippen molar-refractivity contribution in [3.8, 4) is 11.5 Å². The minimum atomic E-state index is -0.0681. The van der Waals surface area contributed by atoms with Crippen LogP contribution in [0.4, 0.5) is 0 Å². The molecule has 1 N–H and O–H groups in total. The molecule has 0 saturated carbocycles. The van der Waals surface area contributed by atoms with Crippen LogP contribution in [0.15, 0.2) is 28.7 Å². The van der Waals surface area contributed by atoms with E-state index in [0.29, 0.717) is 24.0 Å². The summed E-state index contributed by atoms with van der Waals surface area (Å²) in [7, 11) is 0. The van der Waals surface area contributed by atoms with Crippen molar-refractivity contribution in [3.05, 3.63) is 34.7 Å². The molecule has 25 heavy (non-hydrogen) atoms. The number of aryl methyl sites for hydroxylation is 1. The second-order valence-electron chi connectivity index (χ2n) is 6.42. The molecule has 0 unspecified atom stereocenters. The van der Waals surface area contributed by atoms with Crippen LogP contribution in [0, 0.1) is 17.7 Å². The number of quaternary nitrogens is 1. The highest BCUT2D eigenvalue weighted by atomic mass is 32.1. The fourth-order valence-electron chi connectivity index (χ4n) is 3.22. The molecule has 3 rings (SSSR count). The number of nitrogens with one attached hydrogen (secondary N) is 1. The lowest BCUT2D eigenvalue weighted by molar-refractivity contribution is -0.929. The SMILES string of the molecule is CCOC(=O)C1CC[NH+](Cn2nc(-c3ccccc3C)oc2=S)CC1. The molecule has 1 aliphatic rings. The molecular formula is C18H24N3O3S+. The Bertz CT molecular complexity index is 791. The Hall–Kier alpha value is -1.99. The summed E-state index contributed by atoms with van der Waals surface area (Å²) in [4.78, 5) is 13.6. The molecule has 0 aliphatic carbocycles. The Kier molecular flexibility index (Phi) is 5.65. The summed E-state index contributed by atoms with van der Waals surface area (Å²) < 4.78 is 12.6. The van der Waals surface area contributed by atoms with Crippen LogP contribution in [0.25, 0.3) is 11.5 Å². The molecule has 2 aromatic rings. The molecular weight excluding hydrogens is 338 g/mol. The van der Waals surface area contributed by atoms with Gasteiger partial charge in [-0.2, -0.15) is 4.68 Å². The lowest BCUT2D eigenvalue weighted by atomic mass is 9.97. The number of likely N-dealkylation sites (tertiary alicyclic amines) is 1. The number of hydrogen-bond donors (Lipinski definition) is 1. The first-order valence-electron chi connectivity index (χ1n) is 8.72. The van der Waals surface area contributed by atoms with Crippen molar-refractivity contribution in [1.29, 1.82) is 0 Å². The number of ether oxygens (including phenoxy) is 1. The fraction of sp³-hybridized carbons (Fsp3) is 0.500. The van der Waals surface area contributed by atoms with Crippen LogP contribution in [-0.2, 0) is 16.2 Å². The molecule has 6 nitrogen and oxygen atoms in total. The maximum atomic E-state index is 11.8. The van der Waals surface area contributed by atoms with E-state index in [2.05, 4.69) is 5.10 Å². The Morgan fingerprint density at radius 1 is 1.40 bits per heavy atom. The molecule has 0 atom stereocenters. The zero-order valence-electron chi connectivity index (χ0n) is 14.7. The minimum absolute atomic E-state index is 0.0245. The van der Waals surface area contributed by atoms with Crippen LogP contribution in [0.5, 0.6) is 0 Å². The molecule has 1 aromatic carbocycles. The lowest BCUT2D eigenvalue weighted by Gasteiger charge is -2.27. The molecule has 7 heteroatoms. The molecule has 0 radical (unpaired) electrons. The van der Waals surface area contributed by atoms with Gasteiger partial charge in [0.1, 0.15) is 0 Å². The van der Waals surface area contributed by atoms with E-state index in [1.165, 1.54) is 4.90 Å². The van der Waals surface area contributed by atoms with E-state index in [1.54, 1.807) is 4.68 Å². The van der Waals surface area contributed by atoms with Gasteiger partial charge in [-0.25, -0.2) is 0 Å². The van der Waals surface area contributed by atoms with Gasteiger partial charge in [0.15, 0.2) is 6.67 Å². The molecule has 0 spiro atoms. The number of carbonyl (C=O) groups is 1. The van der Waals surface area contributed by atoms with Gasteiger partial charge in [-0.3, -0.25) is 4.79 Å². The third kappa shape index (κ3) is 4.16. The lowest BCUT2D eigenvalue weighted by Crippen LogP contribution is -3.12. The third-order valence-electron chi connectivity index (χ3n) is 4.67. The summed E-state index contributed by atoms with van der Waals surface area (Å²) in [6, 6.07) is 7.96. The van der Waals surface area contributed by atoms with Crippen molar-refractivity contribution in [2.45, 2.75) is 33.4 Å². The number of benzene rings is 1. The fourth-order valence-corrected chi connectivity index (χ4v) is 3.40. The predicted octanol–water partition coefficient (Wildman–Crippen LogP) is 2.00. The zero-order chi connectivity index (χ0) is 17.8. The van der Waals surface area contributed by atoms with E-state index >= 15 is 0 Å². The number of carbonyl (C=O) groups excluding carboxylic acids is 1. The van der Waals surface area contributed by atoms with Gasteiger partial charge in [0.05, 0.1) is 25.6 Å². The van der Waals surface area contributed by atoms with Crippen molar-refractivity contribution in [1.82, 2.24) is 9.78 Å². The Labute approximate surface area is 152 Å². The van der Waals surface area contributed by atoms with Crippen molar-refractivity contribution in [2.75, 3.05) is 19.7 Å². The van der Waals surface area contributed by atoms with Gasteiger partial charge >= 0.3 is 5.97 Å². The molecule has 1 aliphatic heterocycles. The number of nitrogens with zero attached hydrogens (tertiary/aromatic N) is 2. The minimum Gasteiger partial charge on any atom is -0.466 e. The number of piperidine rings is 1. The maximum Gasteiger partial charge on any atom is 0.309 e. The van der Waals surface area contributed by atoms with Gasteiger partial charge in [0, 0.05) is 18.4 Å². The Morgan fingerprint density at radius 3 is 2.80 bits per heavy atom. The molecule has 1 fully saturated rings. The predicted molar refractivity (Wildman–Crippen MR) is 95.6 cm³/mol. The number of hydrogen-bond acceptors (Lipinski definition) is 5. The van der Waals surface area contributed by atoms with Crippen LogP contribution in [-0.4, -0.2) is 35.4 Å². The highest BCUT2D eigenvalue weighted by Crippen LogP contribution is 2.21. The van der Waals surface area contributed by atoms with Gasteiger partial charge in [-0.05, 0) is 37.7 Å². The van der Waals surface area contributed by atoms with Crippen LogP contribution >= 0.6 is 12.2 Å². The van der Waals surface area contributed by atoms with Gasteiger partial charge < -0.3 is 14.1 Å². The van der Waals surface area contributed by atoms with E-state index in [4.69, 9.17) is 21.4 Å². The van der Waals surface area contributed by atoms with Crippen molar-refractivity contribution >= 4 is 18.2 Å². The quantitative estimate of drug-likeness (QED) is 0.651. The summed E-state index contributed by atoms with van der Waals surface area (Å²) in [5, 5.41) is 4.55. The third-order valence-corrected chi connectivity index (χ3v) is 4.96. The highest BCUT2D eigenvalue weighted by molar-refractivity contribution is 7.71. The van der Waals surface area contributed by atoms with E-state index in [-0.39, 0.29) is 11.9 Å². The van der Waals surface area contributed by atoms with Crippen molar-refractivity contribution in [2.24, 2.45) is 5.92 Å². The molecule has 0 bridgehead atoms. The molecule has 2 heterocycles. The van der Waals surface area contributed by atoms with Gasteiger partial charge in [0.2, 0.25) is 5.89 Å². The highest BCUT2D eigenvalue weighted by Gasteiger charge is 2.29. The van der Waals surface area contributed by atoms with Crippen LogP contribution in [0.1, 0.15) is 25.3 Å². The van der Waals surface area contributed by atoms with Crippen LogP contribution < -0.4 is 4.90 Å². The van der Waals surface area contributed by atoms with Gasteiger partial charge in [-0.15, -0.1) is 5.10 Å². The second kappa shape index (κ2) is 7.93. The largest absolute Gasteiger partial charge is 0.466 e. The average Bonchev–Trinajstić information content (AvgIpc) is 2.96. The maximum absolute atomic E-state index is 11.8. The van der Waals surface area contributed by atoms with Gasteiger partial charge in [-0.1, -0.05) is 18.2 Å². The first kappa shape index (κ1) is 17.8. The average molecular weight is 362 g/mol. The van der Waals surface area contributed by atoms with E-state index in [9.17, 15) is 4.79 Å². The monoisotopic (exact) mass is 362 g/mol. The standard InChI is InChI=1S/C18H23N3O3S/c1-3-23-17(22)14-8-10-20(11-9-14)12-21-18(25)24-16(19-21)15-7-5-4-6-13(15)2/h4-7,14H,3,8-12H2,1-2H3/p+1. The molecule has 0 amide bonds. The summed E-state index contributed by atoms with van der Waals surface area (Å²) in [5.74, 6) is 0.516. The normalized spacial score (nSPS) is 20.4. The summed E-state index contributed by atoms with van der Waals surface area (Å²) in [5.41, 5.74) is 2.07. The number of rotatable bonds is 5. The van der Waals surface area contributed by atoms with E-state index < -0.39 is 0 Å². The van der Waals surface area contributed by atoms with E-state index in [0.717, 1.165) is 37.1 Å². The van der Waals surface area contributed by atoms with Crippen molar-refractivity contribution in [3.63, 3.8) is 0 Å². The number of esters is 1. The summed E-state index contributed by atoms with van der Waals surface area (Å²) in [6.07, 6.45) is 1.67. The first-order valence-corrected chi connectivity index (χ1v) is 9.13. The topological polar surface area (TPSA) is 61.7 Å². The Balaban J connectivity index is 1.64. The van der Waals surface area contributed by atoms with Crippen molar-refractivity contribution < 1.29 is 18.8 Å². The van der Waals surface area contributed by atoms with Gasteiger partial charge in [0.25, 0.3) is 4.84 Å². The molecule has 1 saturated heterocycles. The molecule has 1 aromatic heterocycles. The number of aromatic nitrogens is 2.